The Balaban J connectivity index is 1.52. The molecule has 10 nitrogen and oxygen atoms in total. The number of methoxy groups -OCH3 is 1. The number of hydrogen-bond acceptors (Lipinski definition) is 8. The van der Waals surface area contributed by atoms with Crippen molar-refractivity contribution in [2.24, 2.45) is 5.10 Å². The molecule has 10 heteroatoms. The monoisotopic (exact) mass is 472 g/mol. The maximum atomic E-state index is 11.3. The molecule has 4 rings (SSSR count). The van der Waals surface area contributed by atoms with E-state index in [0.717, 1.165) is 28.5 Å². The van der Waals surface area contributed by atoms with Crippen molar-refractivity contribution in [3.8, 4) is 11.5 Å². The van der Waals surface area contributed by atoms with Gasteiger partial charge in [-0.2, -0.15) is 5.10 Å². The van der Waals surface area contributed by atoms with Gasteiger partial charge in [0.25, 0.3) is 5.69 Å². The number of nitrogens with zero attached hydrogens (tertiary/aromatic N) is 3. The Bertz CT molecular complexity index is 1430. The summed E-state index contributed by atoms with van der Waals surface area (Å²) in [6.45, 7) is 0.325. The highest BCUT2D eigenvalue weighted by molar-refractivity contribution is 5.85. The third kappa shape index (κ3) is 5.33. The molecule has 0 aliphatic rings. The summed E-state index contributed by atoms with van der Waals surface area (Å²) in [5.41, 5.74) is 3.43. The molecule has 0 aliphatic carbocycles. The van der Waals surface area contributed by atoms with Crippen molar-refractivity contribution < 1.29 is 19.3 Å². The second-order valence-corrected chi connectivity index (χ2v) is 7.42. The number of benzene rings is 4. The predicted molar refractivity (Wildman–Crippen MR) is 132 cm³/mol. The van der Waals surface area contributed by atoms with E-state index in [-0.39, 0.29) is 11.4 Å². The van der Waals surface area contributed by atoms with Crippen molar-refractivity contribution in [2.45, 2.75) is 6.61 Å². The van der Waals surface area contributed by atoms with Crippen LogP contribution in [-0.4, -0.2) is 23.2 Å². The van der Waals surface area contributed by atoms with Gasteiger partial charge in [0.05, 0.1) is 29.2 Å². The minimum Gasteiger partial charge on any atom is -0.493 e. The Morgan fingerprint density at radius 1 is 0.914 bits per heavy atom. The highest BCUT2D eigenvalue weighted by Crippen LogP contribution is 2.31. The topological polar surface area (TPSA) is 129 Å². The summed E-state index contributed by atoms with van der Waals surface area (Å²) in [5, 5.41) is 28.4. The minimum atomic E-state index is -0.711. The van der Waals surface area contributed by atoms with Crippen LogP contribution in [0, 0.1) is 20.2 Å². The molecule has 0 atom stereocenters. The predicted octanol–water partition coefficient (Wildman–Crippen LogP) is 5.69. The highest BCUT2D eigenvalue weighted by Gasteiger charge is 2.19. The Kier molecular flexibility index (Phi) is 6.82. The van der Waals surface area contributed by atoms with Crippen molar-refractivity contribution >= 4 is 34.0 Å². The second kappa shape index (κ2) is 10.3. The number of nitro groups is 2. The van der Waals surface area contributed by atoms with Crippen LogP contribution in [0.2, 0.25) is 0 Å². The number of nitrogens with one attached hydrogen (secondary N) is 1. The molecule has 1 N–H and O–H groups in total. The number of rotatable bonds is 9. The average Bonchev–Trinajstić information content (AvgIpc) is 2.87. The molecule has 176 valence electrons. The molecule has 0 aliphatic heterocycles. The molecule has 0 aromatic heterocycles. The van der Waals surface area contributed by atoms with Gasteiger partial charge < -0.3 is 9.47 Å². The maximum absolute atomic E-state index is 11.3. The van der Waals surface area contributed by atoms with Gasteiger partial charge in [0, 0.05) is 6.07 Å². The Hall–Kier alpha value is -4.99. The van der Waals surface area contributed by atoms with E-state index < -0.39 is 15.5 Å². The van der Waals surface area contributed by atoms with Crippen LogP contribution >= 0.6 is 0 Å². The first kappa shape index (κ1) is 23.2. The summed E-state index contributed by atoms with van der Waals surface area (Å²) >= 11 is 0. The zero-order valence-electron chi connectivity index (χ0n) is 18.6. The van der Waals surface area contributed by atoms with Crippen LogP contribution in [0.25, 0.3) is 10.8 Å². The van der Waals surface area contributed by atoms with Crippen LogP contribution in [0.3, 0.4) is 0 Å². The van der Waals surface area contributed by atoms with E-state index in [4.69, 9.17) is 9.47 Å². The Morgan fingerprint density at radius 2 is 1.71 bits per heavy atom. The molecule has 0 heterocycles. The number of non-ortho nitro benzene ring substituents is 1. The van der Waals surface area contributed by atoms with Gasteiger partial charge in [-0.15, -0.1) is 0 Å². The van der Waals surface area contributed by atoms with Gasteiger partial charge in [-0.25, -0.2) is 0 Å². The molecule has 4 aromatic rings. The van der Waals surface area contributed by atoms with Crippen molar-refractivity contribution in [2.75, 3.05) is 12.5 Å². The minimum absolute atomic E-state index is 0.0257. The second-order valence-electron chi connectivity index (χ2n) is 7.42. The molecule has 35 heavy (non-hydrogen) atoms. The largest absolute Gasteiger partial charge is 0.493 e. The first-order valence-corrected chi connectivity index (χ1v) is 10.5. The van der Waals surface area contributed by atoms with Crippen LogP contribution in [0.1, 0.15) is 11.1 Å². The maximum Gasteiger partial charge on any atom is 0.301 e. The third-order valence-electron chi connectivity index (χ3n) is 5.24. The number of anilines is 1. The molecule has 0 saturated carbocycles. The molecule has 0 bridgehead atoms. The van der Waals surface area contributed by atoms with Gasteiger partial charge in [0.1, 0.15) is 12.3 Å². The van der Waals surface area contributed by atoms with Crippen molar-refractivity contribution in [3.05, 3.63) is 110 Å². The van der Waals surface area contributed by atoms with E-state index in [1.165, 1.54) is 12.3 Å². The van der Waals surface area contributed by atoms with Crippen LogP contribution in [0.5, 0.6) is 11.5 Å². The summed E-state index contributed by atoms with van der Waals surface area (Å²) in [4.78, 5) is 20.8. The van der Waals surface area contributed by atoms with E-state index in [9.17, 15) is 20.2 Å². The van der Waals surface area contributed by atoms with Crippen LogP contribution in [-0.2, 0) is 6.61 Å². The molecule has 0 saturated heterocycles. The Morgan fingerprint density at radius 3 is 2.49 bits per heavy atom. The molecule has 0 fully saturated rings. The smallest absolute Gasteiger partial charge is 0.301 e. The fourth-order valence-corrected chi connectivity index (χ4v) is 3.52. The molecule has 0 spiro atoms. The fourth-order valence-electron chi connectivity index (χ4n) is 3.52. The summed E-state index contributed by atoms with van der Waals surface area (Å²) in [6, 6.07) is 22.6. The van der Waals surface area contributed by atoms with Gasteiger partial charge in [-0.3, -0.25) is 25.7 Å². The van der Waals surface area contributed by atoms with Gasteiger partial charge in [-0.05, 0) is 46.2 Å². The zero-order valence-corrected chi connectivity index (χ0v) is 18.6. The summed E-state index contributed by atoms with van der Waals surface area (Å²) in [7, 11) is 1.54. The first-order valence-electron chi connectivity index (χ1n) is 10.5. The van der Waals surface area contributed by atoms with Crippen LogP contribution < -0.4 is 14.9 Å². The molecule has 4 aromatic carbocycles. The quantitative estimate of drug-likeness (QED) is 0.188. The molecule has 0 unspecified atom stereocenters. The van der Waals surface area contributed by atoms with E-state index >= 15 is 0 Å². The lowest BCUT2D eigenvalue weighted by Gasteiger charge is -2.13. The average molecular weight is 472 g/mol. The van der Waals surface area contributed by atoms with Gasteiger partial charge in [0.2, 0.25) is 0 Å². The van der Waals surface area contributed by atoms with E-state index in [2.05, 4.69) is 10.5 Å². The molecular weight excluding hydrogens is 452 g/mol. The summed E-state index contributed by atoms with van der Waals surface area (Å²) in [6.07, 6.45) is 1.45. The molecule has 0 radical (unpaired) electrons. The lowest BCUT2D eigenvalue weighted by atomic mass is 10.1. The summed E-state index contributed by atoms with van der Waals surface area (Å²) < 4.78 is 11.5. The van der Waals surface area contributed by atoms with Crippen LogP contribution in [0.15, 0.2) is 84.0 Å². The number of hydrazone groups is 1. The lowest BCUT2D eigenvalue weighted by Crippen LogP contribution is -2.00. The fraction of sp³-hybridized carbons (Fsp3) is 0.0800. The van der Waals surface area contributed by atoms with Crippen molar-refractivity contribution in [1.29, 1.82) is 0 Å². The zero-order chi connectivity index (χ0) is 24.8. The van der Waals surface area contributed by atoms with Gasteiger partial charge in [0.15, 0.2) is 11.5 Å². The van der Waals surface area contributed by atoms with E-state index in [1.54, 1.807) is 25.3 Å². The molecular formula is C25H20N4O6. The van der Waals surface area contributed by atoms with E-state index in [1.807, 2.05) is 42.5 Å². The Labute approximate surface area is 199 Å². The normalized spacial score (nSPS) is 10.9. The number of ether oxygens (including phenoxy) is 2. The molecule has 0 amide bonds. The number of nitro benzene ring substituents is 2. The van der Waals surface area contributed by atoms with Crippen molar-refractivity contribution in [1.82, 2.24) is 0 Å². The van der Waals surface area contributed by atoms with Crippen LogP contribution in [0.4, 0.5) is 17.1 Å². The lowest BCUT2D eigenvalue weighted by molar-refractivity contribution is -0.393. The first-order chi connectivity index (χ1) is 17.0. The SMILES string of the molecule is COc1ccc(/C=N\Nc2ccc([N+](=O)[O-])cc2[N+](=O)[O-])cc1OCc1cccc2ccccc12. The summed E-state index contributed by atoms with van der Waals surface area (Å²) in [5.74, 6) is 1.05. The van der Waals surface area contributed by atoms with Crippen molar-refractivity contribution in [3.63, 3.8) is 0 Å². The van der Waals surface area contributed by atoms with Gasteiger partial charge >= 0.3 is 5.69 Å². The van der Waals surface area contributed by atoms with E-state index in [0.29, 0.717) is 23.7 Å². The van der Waals surface area contributed by atoms with Gasteiger partial charge in [-0.1, -0.05) is 42.5 Å². The standard InChI is InChI=1S/C25H20N4O6/c1-34-24-12-9-17(15-26-27-22-11-10-20(28(30)31)14-23(22)29(32)33)13-25(24)35-16-19-7-4-6-18-5-2-3-8-21(18)19/h2-15,27H,16H2,1H3/b26-15-. The third-order valence-corrected chi connectivity index (χ3v) is 5.24. The number of fused-ring (bicyclic) bond motifs is 1. The number of hydrogen-bond donors (Lipinski definition) is 1. The highest BCUT2D eigenvalue weighted by atomic mass is 16.6.